The van der Waals surface area contributed by atoms with Gasteiger partial charge in [-0.1, -0.05) is 23.7 Å². The lowest BCUT2D eigenvalue weighted by atomic mass is 10.3. The second-order valence-corrected chi connectivity index (χ2v) is 4.79. The average Bonchev–Trinajstić information content (AvgIpc) is 2.36. The lowest BCUT2D eigenvalue weighted by Gasteiger charge is -2.10. The van der Waals surface area contributed by atoms with E-state index in [0.29, 0.717) is 16.8 Å². The van der Waals surface area contributed by atoms with E-state index in [-0.39, 0.29) is 0 Å². The predicted octanol–water partition coefficient (Wildman–Crippen LogP) is 4.07. The molecule has 0 aliphatic rings. The van der Waals surface area contributed by atoms with Gasteiger partial charge in [-0.05, 0) is 35.0 Å². The van der Waals surface area contributed by atoms with Crippen molar-refractivity contribution in [3.8, 4) is 0 Å². The van der Waals surface area contributed by atoms with E-state index >= 15 is 0 Å². The number of hydrogen-bond donors (Lipinski definition) is 2. The van der Waals surface area contributed by atoms with Gasteiger partial charge < -0.3 is 10.6 Å². The van der Waals surface area contributed by atoms with Crippen LogP contribution >= 0.6 is 27.5 Å². The number of nitrogens with zero attached hydrogens (tertiary/aromatic N) is 2. The highest BCUT2D eigenvalue weighted by molar-refractivity contribution is 9.10. The standard InChI is InChI=1S/C12H12BrClN4/c1-2-15-12-16-7-9(14)11(18-12)17-10-6-4-3-5-8(10)13/h3-7H,2H2,1H3,(H2,15,16,17,18). The molecule has 2 rings (SSSR count). The molecular weight excluding hydrogens is 316 g/mol. The van der Waals surface area contributed by atoms with Crippen LogP contribution in [0, 0.1) is 0 Å². The molecule has 0 radical (unpaired) electrons. The van der Waals surface area contributed by atoms with E-state index in [0.717, 1.165) is 16.7 Å². The summed E-state index contributed by atoms with van der Waals surface area (Å²) in [5, 5.41) is 6.69. The first-order chi connectivity index (χ1) is 8.70. The summed E-state index contributed by atoms with van der Waals surface area (Å²) >= 11 is 9.53. The average molecular weight is 328 g/mol. The largest absolute Gasteiger partial charge is 0.354 e. The molecule has 2 aromatic rings. The van der Waals surface area contributed by atoms with Crippen LogP contribution in [0.1, 0.15) is 6.92 Å². The van der Waals surface area contributed by atoms with E-state index in [1.54, 1.807) is 6.20 Å². The van der Waals surface area contributed by atoms with E-state index in [1.807, 2.05) is 31.2 Å². The molecular formula is C12H12BrClN4. The lowest BCUT2D eigenvalue weighted by molar-refractivity contribution is 1.09. The second-order valence-electron chi connectivity index (χ2n) is 3.53. The SMILES string of the molecule is CCNc1ncc(Cl)c(Nc2ccccc2Br)n1. The van der Waals surface area contributed by atoms with Crippen molar-refractivity contribution in [2.75, 3.05) is 17.2 Å². The molecule has 0 unspecified atom stereocenters. The van der Waals surface area contributed by atoms with Crippen molar-refractivity contribution >= 4 is 45.0 Å². The number of para-hydroxylation sites is 1. The summed E-state index contributed by atoms with van der Waals surface area (Å²) in [4.78, 5) is 8.40. The van der Waals surface area contributed by atoms with E-state index < -0.39 is 0 Å². The van der Waals surface area contributed by atoms with Crippen molar-refractivity contribution < 1.29 is 0 Å². The molecule has 18 heavy (non-hydrogen) atoms. The zero-order valence-electron chi connectivity index (χ0n) is 9.74. The van der Waals surface area contributed by atoms with Gasteiger partial charge in [0.25, 0.3) is 0 Å². The molecule has 4 nitrogen and oxygen atoms in total. The Morgan fingerprint density at radius 3 is 2.83 bits per heavy atom. The number of anilines is 3. The smallest absolute Gasteiger partial charge is 0.224 e. The maximum Gasteiger partial charge on any atom is 0.224 e. The zero-order valence-corrected chi connectivity index (χ0v) is 12.1. The van der Waals surface area contributed by atoms with Crippen LogP contribution in [-0.4, -0.2) is 16.5 Å². The molecule has 0 bridgehead atoms. The highest BCUT2D eigenvalue weighted by Gasteiger charge is 2.07. The van der Waals surface area contributed by atoms with Gasteiger partial charge in [-0.3, -0.25) is 0 Å². The van der Waals surface area contributed by atoms with Crippen molar-refractivity contribution in [3.63, 3.8) is 0 Å². The Labute approximate surface area is 119 Å². The van der Waals surface area contributed by atoms with Crippen molar-refractivity contribution in [1.29, 1.82) is 0 Å². The van der Waals surface area contributed by atoms with Crippen LogP contribution in [0.4, 0.5) is 17.5 Å². The summed E-state index contributed by atoms with van der Waals surface area (Å²) in [7, 11) is 0. The first-order valence-corrected chi connectivity index (χ1v) is 6.65. The minimum absolute atomic E-state index is 0.479. The van der Waals surface area contributed by atoms with Crippen molar-refractivity contribution in [2.24, 2.45) is 0 Å². The Hall–Kier alpha value is -1.33. The summed E-state index contributed by atoms with van der Waals surface area (Å²) in [6.45, 7) is 2.74. The number of hydrogen-bond acceptors (Lipinski definition) is 4. The van der Waals surface area contributed by atoms with Gasteiger partial charge in [0, 0.05) is 11.0 Å². The molecule has 0 fully saturated rings. The molecule has 0 aliphatic carbocycles. The fraction of sp³-hybridized carbons (Fsp3) is 0.167. The van der Waals surface area contributed by atoms with Crippen LogP contribution < -0.4 is 10.6 Å². The van der Waals surface area contributed by atoms with Crippen LogP contribution in [0.2, 0.25) is 5.02 Å². The topological polar surface area (TPSA) is 49.8 Å². The normalized spacial score (nSPS) is 10.2. The van der Waals surface area contributed by atoms with E-state index in [9.17, 15) is 0 Å². The van der Waals surface area contributed by atoms with Gasteiger partial charge in [0.15, 0.2) is 5.82 Å². The van der Waals surface area contributed by atoms with Crippen LogP contribution in [0.15, 0.2) is 34.9 Å². The van der Waals surface area contributed by atoms with Crippen LogP contribution in [0.5, 0.6) is 0 Å². The van der Waals surface area contributed by atoms with Crippen molar-refractivity contribution in [1.82, 2.24) is 9.97 Å². The molecule has 0 atom stereocenters. The Morgan fingerprint density at radius 2 is 2.11 bits per heavy atom. The van der Waals surface area contributed by atoms with Crippen LogP contribution in [0.25, 0.3) is 0 Å². The van der Waals surface area contributed by atoms with Gasteiger partial charge in [0.1, 0.15) is 5.02 Å². The monoisotopic (exact) mass is 326 g/mol. The molecule has 0 saturated heterocycles. The molecule has 1 aromatic carbocycles. The van der Waals surface area contributed by atoms with E-state index in [4.69, 9.17) is 11.6 Å². The number of nitrogens with one attached hydrogen (secondary N) is 2. The molecule has 0 spiro atoms. The summed E-state index contributed by atoms with van der Waals surface area (Å²) in [6.07, 6.45) is 1.58. The van der Waals surface area contributed by atoms with Crippen molar-refractivity contribution in [3.05, 3.63) is 40.0 Å². The number of aromatic nitrogens is 2. The Balaban J connectivity index is 2.28. The molecule has 94 valence electrons. The van der Waals surface area contributed by atoms with Crippen LogP contribution in [0.3, 0.4) is 0 Å². The molecule has 0 aliphatic heterocycles. The quantitative estimate of drug-likeness (QED) is 0.889. The number of halogens is 2. The van der Waals surface area contributed by atoms with E-state index in [1.165, 1.54) is 0 Å². The molecule has 2 N–H and O–H groups in total. The zero-order chi connectivity index (χ0) is 13.0. The minimum Gasteiger partial charge on any atom is -0.354 e. The highest BCUT2D eigenvalue weighted by atomic mass is 79.9. The van der Waals surface area contributed by atoms with Gasteiger partial charge >= 0.3 is 0 Å². The van der Waals surface area contributed by atoms with Gasteiger partial charge in [-0.15, -0.1) is 0 Å². The van der Waals surface area contributed by atoms with Crippen molar-refractivity contribution in [2.45, 2.75) is 6.92 Å². The first kappa shape index (κ1) is 13.1. The van der Waals surface area contributed by atoms with Gasteiger partial charge in [0.05, 0.1) is 11.9 Å². The second kappa shape index (κ2) is 6.02. The molecule has 1 aromatic heterocycles. The molecule has 0 amide bonds. The Kier molecular flexibility index (Phi) is 4.38. The molecule has 0 saturated carbocycles. The number of benzene rings is 1. The first-order valence-electron chi connectivity index (χ1n) is 5.48. The molecule has 6 heteroatoms. The third-order valence-electron chi connectivity index (χ3n) is 2.21. The lowest BCUT2D eigenvalue weighted by Crippen LogP contribution is -2.04. The van der Waals surface area contributed by atoms with Gasteiger partial charge in [-0.25, -0.2) is 4.98 Å². The fourth-order valence-corrected chi connectivity index (χ4v) is 1.91. The molecule has 1 heterocycles. The maximum atomic E-state index is 6.07. The van der Waals surface area contributed by atoms with Crippen LogP contribution in [-0.2, 0) is 0 Å². The highest BCUT2D eigenvalue weighted by Crippen LogP contribution is 2.28. The number of rotatable bonds is 4. The fourth-order valence-electron chi connectivity index (χ4n) is 1.39. The predicted molar refractivity (Wildman–Crippen MR) is 78.6 cm³/mol. The summed E-state index contributed by atoms with van der Waals surface area (Å²) in [5.74, 6) is 1.13. The summed E-state index contributed by atoms with van der Waals surface area (Å²) in [6, 6.07) is 7.77. The third-order valence-corrected chi connectivity index (χ3v) is 3.17. The summed E-state index contributed by atoms with van der Waals surface area (Å²) in [5.41, 5.74) is 0.903. The summed E-state index contributed by atoms with van der Waals surface area (Å²) < 4.78 is 0.949. The van der Waals surface area contributed by atoms with E-state index in [2.05, 4.69) is 36.5 Å². The minimum atomic E-state index is 0.479. The third kappa shape index (κ3) is 3.11. The Bertz CT molecular complexity index is 547. The maximum absolute atomic E-state index is 6.07. The Morgan fingerprint density at radius 1 is 1.33 bits per heavy atom. The van der Waals surface area contributed by atoms with Gasteiger partial charge in [-0.2, -0.15) is 4.98 Å². The van der Waals surface area contributed by atoms with Gasteiger partial charge in [0.2, 0.25) is 5.95 Å².